The third kappa shape index (κ3) is 3.58. The highest BCUT2D eigenvalue weighted by atomic mass is 16.5. The Kier molecular flexibility index (Phi) is 4.90. The van der Waals surface area contributed by atoms with E-state index in [1.165, 1.54) is 25.7 Å². The molecule has 1 N–H and O–H groups in total. The first-order valence-corrected chi connectivity index (χ1v) is 5.92. The molecule has 4 unspecified atom stereocenters. The Morgan fingerprint density at radius 2 is 2.00 bits per heavy atom. The van der Waals surface area contributed by atoms with Gasteiger partial charge in [-0.15, -0.1) is 0 Å². The molecule has 0 radical (unpaired) electrons. The minimum Gasteiger partial charge on any atom is -0.380 e. The first-order valence-electron chi connectivity index (χ1n) is 5.92. The van der Waals surface area contributed by atoms with E-state index in [1.807, 2.05) is 0 Å². The summed E-state index contributed by atoms with van der Waals surface area (Å²) in [6.45, 7) is 6.70. The molecule has 0 aromatic rings. The maximum atomic E-state index is 5.32. The van der Waals surface area contributed by atoms with E-state index in [1.54, 1.807) is 7.11 Å². The summed E-state index contributed by atoms with van der Waals surface area (Å²) >= 11 is 0. The van der Waals surface area contributed by atoms with Crippen LogP contribution in [0.2, 0.25) is 0 Å². The maximum Gasteiger partial charge on any atom is 0.0693 e. The van der Waals surface area contributed by atoms with E-state index in [0.717, 1.165) is 5.92 Å². The van der Waals surface area contributed by atoms with Crippen LogP contribution in [0, 0.1) is 5.92 Å². The Morgan fingerprint density at radius 1 is 1.29 bits per heavy atom. The number of methoxy groups -OCH3 is 1. The van der Waals surface area contributed by atoms with E-state index in [4.69, 9.17) is 4.74 Å². The van der Waals surface area contributed by atoms with Crippen molar-refractivity contribution in [1.29, 1.82) is 0 Å². The molecule has 1 aliphatic rings. The lowest BCUT2D eigenvalue weighted by Crippen LogP contribution is -2.44. The molecule has 0 heterocycles. The average molecular weight is 199 g/mol. The molecule has 1 saturated carbocycles. The second-order valence-corrected chi connectivity index (χ2v) is 4.86. The van der Waals surface area contributed by atoms with Gasteiger partial charge in [0.15, 0.2) is 0 Å². The lowest BCUT2D eigenvalue weighted by Gasteiger charge is -2.31. The largest absolute Gasteiger partial charge is 0.380 e. The second-order valence-electron chi connectivity index (χ2n) is 4.86. The van der Waals surface area contributed by atoms with E-state index >= 15 is 0 Å². The van der Waals surface area contributed by atoms with E-state index in [9.17, 15) is 0 Å². The molecule has 2 nitrogen and oxygen atoms in total. The van der Waals surface area contributed by atoms with Crippen LogP contribution in [0.4, 0.5) is 0 Å². The van der Waals surface area contributed by atoms with Gasteiger partial charge in [-0.3, -0.25) is 0 Å². The van der Waals surface area contributed by atoms with Crippen LogP contribution in [-0.2, 0) is 4.74 Å². The summed E-state index contributed by atoms with van der Waals surface area (Å²) in [5.41, 5.74) is 0. The summed E-state index contributed by atoms with van der Waals surface area (Å²) in [5.74, 6) is 0.895. The molecule has 84 valence electrons. The summed E-state index contributed by atoms with van der Waals surface area (Å²) in [6.07, 6.45) is 5.78. The van der Waals surface area contributed by atoms with Crippen LogP contribution in [0.1, 0.15) is 46.5 Å². The van der Waals surface area contributed by atoms with Gasteiger partial charge in [-0.2, -0.15) is 0 Å². The Bertz CT molecular complexity index is 160. The molecule has 0 amide bonds. The first kappa shape index (κ1) is 12.0. The fraction of sp³-hybridized carbons (Fsp3) is 1.00. The fourth-order valence-corrected chi connectivity index (χ4v) is 2.30. The van der Waals surface area contributed by atoms with Gasteiger partial charge in [0.2, 0.25) is 0 Å². The molecule has 4 atom stereocenters. The van der Waals surface area contributed by atoms with Crippen molar-refractivity contribution in [2.75, 3.05) is 7.11 Å². The van der Waals surface area contributed by atoms with Crippen LogP contribution in [-0.4, -0.2) is 25.3 Å². The number of hydrogen-bond donors (Lipinski definition) is 1. The summed E-state index contributed by atoms with van der Waals surface area (Å²) in [7, 11) is 1.78. The molecular formula is C12H25NO. The summed E-state index contributed by atoms with van der Waals surface area (Å²) < 4.78 is 5.32. The highest BCUT2D eigenvalue weighted by Crippen LogP contribution is 2.23. The van der Waals surface area contributed by atoms with Gasteiger partial charge in [0.1, 0.15) is 0 Å². The third-order valence-electron chi connectivity index (χ3n) is 3.51. The van der Waals surface area contributed by atoms with Crippen molar-refractivity contribution in [2.45, 2.75) is 64.6 Å². The van der Waals surface area contributed by atoms with Gasteiger partial charge in [-0.25, -0.2) is 0 Å². The SMILES string of the molecule is COC(C)C(C)NC1CCCC(C)C1. The minimum atomic E-state index is 0.312. The Labute approximate surface area is 88.4 Å². The van der Waals surface area contributed by atoms with Crippen LogP contribution < -0.4 is 5.32 Å². The first-order chi connectivity index (χ1) is 6.63. The molecule has 0 aliphatic heterocycles. The number of hydrogen-bond acceptors (Lipinski definition) is 2. The Morgan fingerprint density at radius 3 is 2.57 bits per heavy atom. The van der Waals surface area contributed by atoms with Crippen LogP contribution in [0.3, 0.4) is 0 Å². The van der Waals surface area contributed by atoms with Gasteiger partial charge >= 0.3 is 0 Å². The monoisotopic (exact) mass is 199 g/mol. The van der Waals surface area contributed by atoms with E-state index < -0.39 is 0 Å². The lowest BCUT2D eigenvalue weighted by atomic mass is 9.86. The molecule has 0 aromatic carbocycles. The lowest BCUT2D eigenvalue weighted by molar-refractivity contribution is 0.0804. The molecule has 0 saturated heterocycles. The van der Waals surface area contributed by atoms with Gasteiger partial charge < -0.3 is 10.1 Å². The average Bonchev–Trinajstić information content (AvgIpc) is 2.16. The summed E-state index contributed by atoms with van der Waals surface area (Å²) in [6, 6.07) is 1.18. The van der Waals surface area contributed by atoms with Crippen molar-refractivity contribution in [3.05, 3.63) is 0 Å². The van der Waals surface area contributed by atoms with Gasteiger partial charge in [0.25, 0.3) is 0 Å². The molecule has 2 heteroatoms. The predicted octanol–water partition coefficient (Wildman–Crippen LogP) is 2.58. The summed E-state index contributed by atoms with van der Waals surface area (Å²) in [5, 5.41) is 3.67. The number of nitrogens with one attached hydrogen (secondary N) is 1. The van der Waals surface area contributed by atoms with Crippen molar-refractivity contribution in [3.8, 4) is 0 Å². The van der Waals surface area contributed by atoms with E-state index in [-0.39, 0.29) is 0 Å². The summed E-state index contributed by atoms with van der Waals surface area (Å²) in [4.78, 5) is 0. The zero-order valence-electron chi connectivity index (χ0n) is 10.0. The van der Waals surface area contributed by atoms with Crippen LogP contribution >= 0.6 is 0 Å². The Balaban J connectivity index is 2.28. The third-order valence-corrected chi connectivity index (χ3v) is 3.51. The number of ether oxygens (including phenoxy) is 1. The topological polar surface area (TPSA) is 21.3 Å². The fourth-order valence-electron chi connectivity index (χ4n) is 2.30. The normalized spacial score (nSPS) is 32.6. The minimum absolute atomic E-state index is 0.312. The molecule has 0 aromatic heterocycles. The van der Waals surface area contributed by atoms with Gasteiger partial charge in [-0.1, -0.05) is 19.8 Å². The van der Waals surface area contributed by atoms with Crippen molar-refractivity contribution in [1.82, 2.24) is 5.32 Å². The molecular weight excluding hydrogens is 174 g/mol. The van der Waals surface area contributed by atoms with Crippen LogP contribution in [0.15, 0.2) is 0 Å². The smallest absolute Gasteiger partial charge is 0.0693 e. The molecule has 1 aliphatic carbocycles. The van der Waals surface area contributed by atoms with Gasteiger partial charge in [-0.05, 0) is 32.6 Å². The standard InChI is InChI=1S/C12H25NO/c1-9-6-5-7-12(8-9)13-10(2)11(3)14-4/h9-13H,5-8H2,1-4H3. The van der Waals surface area contributed by atoms with E-state index in [0.29, 0.717) is 18.2 Å². The molecule has 0 spiro atoms. The quantitative estimate of drug-likeness (QED) is 0.751. The predicted molar refractivity (Wildman–Crippen MR) is 60.5 cm³/mol. The van der Waals surface area contributed by atoms with Crippen molar-refractivity contribution in [2.24, 2.45) is 5.92 Å². The van der Waals surface area contributed by atoms with Crippen molar-refractivity contribution < 1.29 is 4.74 Å². The highest BCUT2D eigenvalue weighted by Gasteiger charge is 2.21. The Hall–Kier alpha value is -0.0800. The van der Waals surface area contributed by atoms with Crippen LogP contribution in [0.25, 0.3) is 0 Å². The molecule has 1 fully saturated rings. The number of rotatable bonds is 4. The van der Waals surface area contributed by atoms with Gasteiger partial charge in [0.05, 0.1) is 6.10 Å². The highest BCUT2D eigenvalue weighted by molar-refractivity contribution is 4.80. The maximum absolute atomic E-state index is 5.32. The molecule has 0 bridgehead atoms. The van der Waals surface area contributed by atoms with E-state index in [2.05, 4.69) is 26.1 Å². The van der Waals surface area contributed by atoms with Gasteiger partial charge in [0, 0.05) is 19.2 Å². The molecule has 14 heavy (non-hydrogen) atoms. The molecule has 1 rings (SSSR count). The van der Waals surface area contributed by atoms with Crippen LogP contribution in [0.5, 0.6) is 0 Å². The zero-order valence-corrected chi connectivity index (χ0v) is 10.0. The zero-order chi connectivity index (χ0) is 10.6. The second kappa shape index (κ2) is 5.72. The van der Waals surface area contributed by atoms with Crippen molar-refractivity contribution in [3.63, 3.8) is 0 Å². The van der Waals surface area contributed by atoms with Crippen molar-refractivity contribution >= 4 is 0 Å².